The third-order valence-corrected chi connectivity index (χ3v) is 7.27. The highest BCUT2D eigenvalue weighted by molar-refractivity contribution is 9.10. The fourth-order valence-electron chi connectivity index (χ4n) is 6.06. The van der Waals surface area contributed by atoms with Gasteiger partial charge in [-0.3, -0.25) is 4.79 Å². The average Bonchev–Trinajstić information content (AvgIpc) is 2.52. The zero-order valence-corrected chi connectivity index (χ0v) is 16.8. The SMILES string of the molecule is CCOC(=O)c1ccccc1NC(=O)CC12CC3CC(CC(Br)(C3)C1)C2. The Kier molecular flexibility index (Phi) is 4.62. The van der Waals surface area contributed by atoms with Crippen LogP contribution in [0.3, 0.4) is 0 Å². The van der Waals surface area contributed by atoms with Crippen molar-refractivity contribution in [2.24, 2.45) is 17.3 Å². The van der Waals surface area contributed by atoms with E-state index in [1.807, 2.05) is 6.07 Å². The molecule has 0 aromatic heterocycles. The van der Waals surface area contributed by atoms with E-state index in [-0.39, 0.29) is 15.6 Å². The minimum atomic E-state index is -0.391. The summed E-state index contributed by atoms with van der Waals surface area (Å²) in [6.07, 6.45) is 7.84. The van der Waals surface area contributed by atoms with Gasteiger partial charge in [-0.15, -0.1) is 0 Å². The summed E-state index contributed by atoms with van der Waals surface area (Å²) < 4.78 is 5.35. The number of alkyl halides is 1. The molecule has 4 fully saturated rings. The largest absolute Gasteiger partial charge is 0.462 e. The lowest BCUT2D eigenvalue weighted by Crippen LogP contribution is -2.53. The summed E-state index contributed by atoms with van der Waals surface area (Å²) in [5.41, 5.74) is 1.09. The van der Waals surface area contributed by atoms with Crippen molar-refractivity contribution in [1.29, 1.82) is 0 Å². The quantitative estimate of drug-likeness (QED) is 0.543. The molecule has 1 amide bonds. The molecule has 4 saturated carbocycles. The number of para-hydroxylation sites is 1. The Labute approximate surface area is 163 Å². The van der Waals surface area contributed by atoms with Crippen LogP contribution in [0.1, 0.15) is 62.2 Å². The first-order chi connectivity index (χ1) is 12.4. The smallest absolute Gasteiger partial charge is 0.340 e. The van der Waals surface area contributed by atoms with Gasteiger partial charge in [-0.1, -0.05) is 28.1 Å². The molecule has 0 radical (unpaired) electrons. The van der Waals surface area contributed by atoms with Gasteiger partial charge < -0.3 is 10.1 Å². The molecule has 0 aliphatic heterocycles. The minimum absolute atomic E-state index is 0.0137. The van der Waals surface area contributed by atoms with Gasteiger partial charge in [0.05, 0.1) is 17.9 Å². The third kappa shape index (κ3) is 3.42. The van der Waals surface area contributed by atoms with Crippen molar-refractivity contribution in [1.82, 2.24) is 0 Å². The summed E-state index contributed by atoms with van der Waals surface area (Å²) in [5.74, 6) is 1.14. The van der Waals surface area contributed by atoms with Gasteiger partial charge in [0.2, 0.25) is 5.91 Å². The maximum atomic E-state index is 12.9. The van der Waals surface area contributed by atoms with Crippen LogP contribution >= 0.6 is 15.9 Å². The maximum absolute atomic E-state index is 12.9. The van der Waals surface area contributed by atoms with E-state index in [9.17, 15) is 9.59 Å². The number of nitrogens with one attached hydrogen (secondary N) is 1. The number of anilines is 1. The molecule has 4 nitrogen and oxygen atoms in total. The Balaban J connectivity index is 1.48. The molecule has 4 bridgehead atoms. The van der Waals surface area contributed by atoms with Crippen molar-refractivity contribution in [2.45, 2.75) is 56.2 Å². The van der Waals surface area contributed by atoms with E-state index in [1.165, 1.54) is 32.1 Å². The van der Waals surface area contributed by atoms with Crippen molar-refractivity contribution in [3.8, 4) is 0 Å². The van der Waals surface area contributed by atoms with Crippen LogP contribution in [0.2, 0.25) is 0 Å². The molecule has 0 saturated heterocycles. The zero-order valence-electron chi connectivity index (χ0n) is 15.2. The number of carbonyl (C=O) groups excluding carboxylic acids is 2. The van der Waals surface area contributed by atoms with E-state index in [1.54, 1.807) is 25.1 Å². The molecule has 1 N–H and O–H groups in total. The standard InChI is InChI=1S/C21H26BrNO3/c1-2-26-19(25)16-5-3-4-6-17(16)23-18(24)12-20-8-14-7-15(9-20)11-21(22,10-14)13-20/h3-6,14-15H,2,7-13H2,1H3,(H,23,24). The summed E-state index contributed by atoms with van der Waals surface area (Å²) in [4.78, 5) is 25.0. The number of carbonyl (C=O) groups is 2. The van der Waals surface area contributed by atoms with E-state index < -0.39 is 5.97 Å². The summed E-state index contributed by atoms with van der Waals surface area (Å²) in [7, 11) is 0. The number of amides is 1. The summed E-state index contributed by atoms with van der Waals surface area (Å²) in [6, 6.07) is 7.09. The molecule has 4 aliphatic rings. The number of hydrogen-bond donors (Lipinski definition) is 1. The molecule has 1 aromatic rings. The van der Waals surface area contributed by atoms with Crippen LogP contribution in [0.4, 0.5) is 5.69 Å². The van der Waals surface area contributed by atoms with Gasteiger partial charge in [0.15, 0.2) is 0 Å². The van der Waals surface area contributed by atoms with Gasteiger partial charge in [-0.2, -0.15) is 0 Å². The third-order valence-electron chi connectivity index (χ3n) is 6.34. The monoisotopic (exact) mass is 419 g/mol. The summed E-state index contributed by atoms with van der Waals surface area (Å²) >= 11 is 4.00. The van der Waals surface area contributed by atoms with E-state index >= 15 is 0 Å². The molecular weight excluding hydrogens is 394 g/mol. The van der Waals surface area contributed by atoms with E-state index in [0.29, 0.717) is 24.3 Å². The number of hydrogen-bond acceptors (Lipinski definition) is 3. The molecule has 2 unspecified atom stereocenters. The second-order valence-corrected chi connectivity index (χ2v) is 10.3. The first-order valence-electron chi connectivity index (χ1n) is 9.65. The lowest BCUT2D eigenvalue weighted by molar-refractivity contribution is -0.123. The Morgan fingerprint density at radius 1 is 1.19 bits per heavy atom. The van der Waals surface area contributed by atoms with E-state index in [4.69, 9.17) is 4.74 Å². The fourth-order valence-corrected chi connectivity index (χ4v) is 7.57. The molecule has 1 aromatic carbocycles. The molecule has 26 heavy (non-hydrogen) atoms. The minimum Gasteiger partial charge on any atom is -0.462 e. The number of esters is 1. The molecule has 5 heteroatoms. The molecule has 0 spiro atoms. The lowest BCUT2D eigenvalue weighted by atomic mass is 9.48. The van der Waals surface area contributed by atoms with Crippen molar-refractivity contribution < 1.29 is 14.3 Å². The van der Waals surface area contributed by atoms with Gasteiger partial charge >= 0.3 is 5.97 Å². The van der Waals surface area contributed by atoms with Crippen molar-refractivity contribution >= 4 is 33.5 Å². The second kappa shape index (κ2) is 6.66. The number of halogens is 1. The van der Waals surface area contributed by atoms with Gasteiger partial charge in [-0.05, 0) is 74.8 Å². The predicted molar refractivity (Wildman–Crippen MR) is 104 cm³/mol. The summed E-state index contributed by atoms with van der Waals surface area (Å²) in [5, 5.41) is 2.98. The van der Waals surface area contributed by atoms with Crippen LogP contribution in [0.15, 0.2) is 24.3 Å². The van der Waals surface area contributed by atoms with Gasteiger partial charge in [0, 0.05) is 10.7 Å². The molecule has 5 rings (SSSR count). The highest BCUT2D eigenvalue weighted by Gasteiger charge is 2.57. The lowest BCUT2D eigenvalue weighted by Gasteiger charge is -2.60. The fraction of sp³-hybridized carbons (Fsp3) is 0.619. The highest BCUT2D eigenvalue weighted by Crippen LogP contribution is 2.65. The maximum Gasteiger partial charge on any atom is 0.340 e. The van der Waals surface area contributed by atoms with Crippen molar-refractivity contribution in [3.05, 3.63) is 29.8 Å². The van der Waals surface area contributed by atoms with Crippen LogP contribution in [-0.2, 0) is 9.53 Å². The highest BCUT2D eigenvalue weighted by atomic mass is 79.9. The van der Waals surface area contributed by atoms with Gasteiger partial charge in [-0.25, -0.2) is 4.79 Å². The number of rotatable bonds is 5. The van der Waals surface area contributed by atoms with Crippen LogP contribution in [0.5, 0.6) is 0 Å². The molecule has 0 heterocycles. The van der Waals surface area contributed by atoms with E-state index in [0.717, 1.165) is 18.3 Å². The van der Waals surface area contributed by atoms with Crippen molar-refractivity contribution in [3.63, 3.8) is 0 Å². The Bertz CT molecular complexity index is 718. The van der Waals surface area contributed by atoms with Crippen LogP contribution in [0, 0.1) is 17.3 Å². The molecule has 4 aliphatic carbocycles. The van der Waals surface area contributed by atoms with Gasteiger partial charge in [0.1, 0.15) is 0 Å². The van der Waals surface area contributed by atoms with Crippen LogP contribution in [-0.4, -0.2) is 22.8 Å². The van der Waals surface area contributed by atoms with Crippen molar-refractivity contribution in [2.75, 3.05) is 11.9 Å². The topological polar surface area (TPSA) is 55.4 Å². The molecular formula is C21H26BrNO3. The Morgan fingerprint density at radius 3 is 2.54 bits per heavy atom. The zero-order chi connectivity index (χ0) is 18.4. The Morgan fingerprint density at radius 2 is 1.88 bits per heavy atom. The second-order valence-electron chi connectivity index (χ2n) is 8.60. The van der Waals surface area contributed by atoms with Crippen LogP contribution < -0.4 is 5.32 Å². The normalized spacial score (nSPS) is 34.5. The van der Waals surface area contributed by atoms with Crippen LogP contribution in [0.25, 0.3) is 0 Å². The van der Waals surface area contributed by atoms with E-state index in [2.05, 4.69) is 21.2 Å². The predicted octanol–water partition coefficient (Wildman–Crippen LogP) is 4.93. The van der Waals surface area contributed by atoms with Gasteiger partial charge in [0.25, 0.3) is 0 Å². The number of benzene rings is 1. The average molecular weight is 420 g/mol. The Hall–Kier alpha value is -1.36. The number of ether oxygens (including phenoxy) is 1. The molecule has 2 atom stereocenters. The first-order valence-corrected chi connectivity index (χ1v) is 10.4. The molecule has 140 valence electrons. The first kappa shape index (κ1) is 18.0. The summed E-state index contributed by atoms with van der Waals surface area (Å²) in [6.45, 7) is 2.10.